The minimum atomic E-state index is -0.275. The Balaban J connectivity index is 1.67. The number of nitrogens with one attached hydrogen (secondary N) is 1. The molecule has 32 heavy (non-hydrogen) atoms. The zero-order chi connectivity index (χ0) is 22.9. The van der Waals surface area contributed by atoms with Crippen molar-refractivity contribution in [1.29, 1.82) is 0 Å². The van der Waals surface area contributed by atoms with Crippen molar-refractivity contribution in [2.45, 2.75) is 70.4 Å². The van der Waals surface area contributed by atoms with Crippen molar-refractivity contribution in [3.05, 3.63) is 77.5 Å². The number of carbonyl (C=O) groups excluding carboxylic acids is 1. The van der Waals surface area contributed by atoms with Gasteiger partial charge in [-0.05, 0) is 56.4 Å². The fraction of sp³-hybridized carbons (Fsp3) is 0.407. The maximum atomic E-state index is 13.7. The zero-order valence-electron chi connectivity index (χ0n) is 19.4. The van der Waals surface area contributed by atoms with Crippen molar-refractivity contribution in [1.82, 2.24) is 9.78 Å². The molecular weight excluding hydrogens is 398 g/mol. The van der Waals surface area contributed by atoms with Crippen LogP contribution in [0.5, 0.6) is 5.75 Å². The molecule has 0 bridgehead atoms. The van der Waals surface area contributed by atoms with Crippen LogP contribution in [-0.4, -0.2) is 20.7 Å². The summed E-state index contributed by atoms with van der Waals surface area (Å²) < 4.78 is 1.97. The highest BCUT2D eigenvalue weighted by molar-refractivity contribution is 6.01. The van der Waals surface area contributed by atoms with E-state index in [1.807, 2.05) is 22.9 Å². The second-order valence-electron chi connectivity index (χ2n) is 9.58. The normalized spacial score (nSPS) is 17.4. The van der Waals surface area contributed by atoms with Gasteiger partial charge in [0.05, 0.1) is 23.3 Å². The van der Waals surface area contributed by atoms with E-state index in [2.05, 4.69) is 62.4 Å². The van der Waals surface area contributed by atoms with E-state index >= 15 is 0 Å². The third-order valence-electron chi connectivity index (χ3n) is 7.19. The van der Waals surface area contributed by atoms with E-state index in [1.54, 1.807) is 18.3 Å². The number of phenolic OH excluding ortho intramolecular Hbond substituents is 1. The molecule has 1 atom stereocenters. The lowest BCUT2D eigenvalue weighted by atomic mass is 9.71. The van der Waals surface area contributed by atoms with Gasteiger partial charge in [0.2, 0.25) is 0 Å². The molecule has 2 aromatic carbocycles. The summed E-state index contributed by atoms with van der Waals surface area (Å²) in [6, 6.07) is 17.8. The number of phenols is 1. The highest BCUT2D eigenvalue weighted by Crippen LogP contribution is 2.42. The molecule has 4 rings (SSSR count). The predicted octanol–water partition coefficient (Wildman–Crippen LogP) is 6.21. The highest BCUT2D eigenvalue weighted by atomic mass is 16.3. The number of aromatic hydroxyl groups is 1. The second-order valence-corrected chi connectivity index (χ2v) is 9.58. The van der Waals surface area contributed by atoms with E-state index in [-0.39, 0.29) is 28.5 Å². The van der Waals surface area contributed by atoms with Crippen molar-refractivity contribution in [3.8, 4) is 5.75 Å². The van der Waals surface area contributed by atoms with Gasteiger partial charge in [0.25, 0.3) is 0 Å². The van der Waals surface area contributed by atoms with Gasteiger partial charge in [0.15, 0.2) is 5.78 Å². The summed E-state index contributed by atoms with van der Waals surface area (Å²) in [5.74, 6) is 1.15. The maximum Gasteiger partial charge on any atom is 0.169 e. The van der Waals surface area contributed by atoms with Crippen molar-refractivity contribution in [3.63, 3.8) is 0 Å². The minimum Gasteiger partial charge on any atom is -0.508 e. The van der Waals surface area contributed by atoms with Gasteiger partial charge < -0.3 is 10.4 Å². The number of ketones is 1. The minimum absolute atomic E-state index is 0.0973. The van der Waals surface area contributed by atoms with Crippen LogP contribution in [0, 0.1) is 0 Å². The summed E-state index contributed by atoms with van der Waals surface area (Å²) in [5.41, 5.74) is 2.48. The van der Waals surface area contributed by atoms with Crippen molar-refractivity contribution < 1.29 is 9.90 Å². The number of fused-ring (bicyclic) bond motifs is 1. The Morgan fingerprint density at radius 3 is 2.41 bits per heavy atom. The molecule has 0 aliphatic carbocycles. The largest absolute Gasteiger partial charge is 0.508 e. The average Bonchev–Trinajstić information content (AvgIpc) is 3.24. The fourth-order valence-electron chi connectivity index (χ4n) is 5.07. The van der Waals surface area contributed by atoms with Gasteiger partial charge in [-0.1, -0.05) is 56.3 Å². The van der Waals surface area contributed by atoms with Gasteiger partial charge in [-0.15, -0.1) is 0 Å². The van der Waals surface area contributed by atoms with Gasteiger partial charge in [-0.2, -0.15) is 5.10 Å². The van der Waals surface area contributed by atoms with E-state index in [0.29, 0.717) is 12.0 Å². The first-order valence-corrected chi connectivity index (χ1v) is 11.5. The van der Waals surface area contributed by atoms with Crippen LogP contribution in [0.3, 0.4) is 0 Å². The molecule has 2 heterocycles. The summed E-state index contributed by atoms with van der Waals surface area (Å²) in [6.07, 6.45) is 4.71. The monoisotopic (exact) mass is 431 g/mol. The molecule has 1 unspecified atom stereocenters. The van der Waals surface area contributed by atoms with Gasteiger partial charge >= 0.3 is 0 Å². The Morgan fingerprint density at radius 2 is 1.78 bits per heavy atom. The van der Waals surface area contributed by atoms with Crippen LogP contribution >= 0.6 is 0 Å². The number of hydrogen-bond donors (Lipinski definition) is 2. The van der Waals surface area contributed by atoms with Gasteiger partial charge in [0.1, 0.15) is 11.6 Å². The lowest BCUT2D eigenvalue weighted by Crippen LogP contribution is -2.38. The molecule has 2 N–H and O–H groups in total. The summed E-state index contributed by atoms with van der Waals surface area (Å²) in [5, 5.41) is 18.0. The van der Waals surface area contributed by atoms with Crippen molar-refractivity contribution in [2.75, 3.05) is 5.32 Å². The van der Waals surface area contributed by atoms with E-state index in [9.17, 15) is 9.90 Å². The Bertz CT molecular complexity index is 1080. The number of anilines is 1. The van der Waals surface area contributed by atoms with E-state index in [4.69, 9.17) is 0 Å². The molecule has 0 spiro atoms. The summed E-state index contributed by atoms with van der Waals surface area (Å²) in [7, 11) is 0. The van der Waals surface area contributed by atoms with Crippen molar-refractivity contribution >= 4 is 11.6 Å². The molecule has 5 heteroatoms. The van der Waals surface area contributed by atoms with E-state index in [0.717, 1.165) is 30.6 Å². The Morgan fingerprint density at radius 1 is 1.12 bits per heavy atom. The van der Waals surface area contributed by atoms with Crippen LogP contribution in [-0.2, 0) is 11.0 Å². The van der Waals surface area contributed by atoms with Gasteiger partial charge in [-0.25, -0.2) is 4.68 Å². The van der Waals surface area contributed by atoms with E-state index < -0.39 is 0 Å². The highest BCUT2D eigenvalue weighted by Gasteiger charge is 2.38. The van der Waals surface area contributed by atoms with Crippen LogP contribution in [0.25, 0.3) is 0 Å². The van der Waals surface area contributed by atoms with Gasteiger partial charge in [-0.3, -0.25) is 4.79 Å². The molecule has 0 radical (unpaired) electrons. The molecule has 5 nitrogen and oxygen atoms in total. The molecule has 0 fully saturated rings. The third kappa shape index (κ3) is 3.92. The van der Waals surface area contributed by atoms with Crippen LogP contribution in [0.4, 0.5) is 5.82 Å². The summed E-state index contributed by atoms with van der Waals surface area (Å²) in [6.45, 7) is 8.61. The number of carbonyl (C=O) groups is 1. The maximum absolute atomic E-state index is 13.7. The first kappa shape index (κ1) is 22.1. The van der Waals surface area contributed by atoms with Crippen LogP contribution in [0.1, 0.15) is 80.9 Å². The zero-order valence-corrected chi connectivity index (χ0v) is 19.4. The first-order valence-electron chi connectivity index (χ1n) is 11.5. The molecule has 1 aromatic heterocycles. The summed E-state index contributed by atoms with van der Waals surface area (Å²) in [4.78, 5) is 13.7. The third-order valence-corrected chi connectivity index (χ3v) is 7.19. The van der Waals surface area contributed by atoms with Gasteiger partial charge in [0, 0.05) is 11.8 Å². The SMILES string of the molecule is CCC(CC)(CC(=O)c1cnn2c1NC(c1ccccc1)CC2(C)C)c1ccc(O)cc1. The number of hydrogen-bond acceptors (Lipinski definition) is 4. The van der Waals surface area contributed by atoms with Crippen LogP contribution in [0.2, 0.25) is 0 Å². The Kier molecular flexibility index (Phi) is 5.85. The number of rotatable bonds is 7. The topological polar surface area (TPSA) is 67.2 Å². The Labute approximate surface area is 190 Å². The lowest BCUT2D eigenvalue weighted by molar-refractivity contribution is 0.0944. The van der Waals surface area contributed by atoms with Crippen LogP contribution < -0.4 is 5.32 Å². The van der Waals surface area contributed by atoms with E-state index in [1.165, 1.54) is 5.56 Å². The number of aromatic nitrogens is 2. The lowest BCUT2D eigenvalue weighted by Gasteiger charge is -2.38. The first-order chi connectivity index (χ1) is 15.3. The molecule has 0 saturated heterocycles. The fourth-order valence-corrected chi connectivity index (χ4v) is 5.07. The molecular formula is C27H33N3O2. The molecule has 1 aliphatic heterocycles. The molecule has 0 amide bonds. The standard InChI is InChI=1S/C27H33N3O2/c1-5-27(6-2,20-12-14-21(31)15-13-20)17-24(32)22-18-28-30-25(22)29-23(16-26(30,3)4)19-10-8-7-9-11-19/h7-15,18,23,29,31H,5-6,16-17H2,1-4H3. The Hall–Kier alpha value is -3.08. The molecule has 1 aliphatic rings. The molecule has 3 aromatic rings. The smallest absolute Gasteiger partial charge is 0.169 e. The number of benzene rings is 2. The molecule has 168 valence electrons. The second kappa shape index (κ2) is 8.45. The predicted molar refractivity (Wildman–Crippen MR) is 128 cm³/mol. The van der Waals surface area contributed by atoms with Crippen LogP contribution in [0.15, 0.2) is 60.8 Å². The number of nitrogens with zero attached hydrogens (tertiary/aromatic N) is 2. The molecule has 0 saturated carbocycles. The average molecular weight is 432 g/mol. The quantitative estimate of drug-likeness (QED) is 0.436. The number of Topliss-reactive ketones (excluding diaryl/α,β-unsaturated/α-hetero) is 1. The summed E-state index contributed by atoms with van der Waals surface area (Å²) >= 11 is 0. The van der Waals surface area contributed by atoms with Crippen molar-refractivity contribution in [2.24, 2.45) is 0 Å².